The molecule has 180 valence electrons. The lowest BCUT2D eigenvalue weighted by Gasteiger charge is -2.19. The number of halogens is 1. The second-order valence-corrected chi connectivity index (χ2v) is 8.79. The van der Waals surface area contributed by atoms with Gasteiger partial charge in [0.05, 0.1) is 17.9 Å². The summed E-state index contributed by atoms with van der Waals surface area (Å²) in [6.07, 6.45) is 0. The lowest BCUT2D eigenvalue weighted by atomic mass is 10.2. The summed E-state index contributed by atoms with van der Waals surface area (Å²) in [6, 6.07) is 12.3. The van der Waals surface area contributed by atoms with E-state index in [-0.39, 0.29) is 24.3 Å². The summed E-state index contributed by atoms with van der Waals surface area (Å²) in [5.41, 5.74) is 6.13. The van der Waals surface area contributed by atoms with Gasteiger partial charge in [-0.2, -0.15) is 0 Å². The van der Waals surface area contributed by atoms with Crippen molar-refractivity contribution < 1.29 is 23.5 Å². The summed E-state index contributed by atoms with van der Waals surface area (Å²) >= 11 is 1.22. The Balaban J connectivity index is 1.72. The first-order valence-corrected chi connectivity index (χ1v) is 11.4. The Hall–Kier alpha value is -3.44. The highest BCUT2D eigenvalue weighted by atomic mass is 32.2. The summed E-state index contributed by atoms with van der Waals surface area (Å²) in [4.78, 5) is 23.9. The summed E-state index contributed by atoms with van der Waals surface area (Å²) in [5.74, 6) is -0.677. The summed E-state index contributed by atoms with van der Waals surface area (Å²) in [6.45, 7) is 4.04. The topological polar surface area (TPSA) is 121 Å². The van der Waals surface area contributed by atoms with E-state index in [4.69, 9.17) is 15.2 Å². The molecule has 2 amide bonds. The number of methoxy groups -OCH3 is 1. The molecule has 11 heteroatoms. The zero-order valence-corrected chi connectivity index (χ0v) is 19.8. The molecule has 1 heterocycles. The van der Waals surface area contributed by atoms with E-state index in [9.17, 15) is 14.0 Å². The molecule has 3 aromatic rings. The van der Waals surface area contributed by atoms with Gasteiger partial charge in [-0.1, -0.05) is 23.9 Å². The molecule has 0 saturated heterocycles. The van der Waals surface area contributed by atoms with Crippen molar-refractivity contribution >= 4 is 29.3 Å². The molecule has 0 bridgehead atoms. The number of primary amides is 1. The summed E-state index contributed by atoms with van der Waals surface area (Å²) in [7, 11) is 1.59. The first kappa shape index (κ1) is 25.2. The van der Waals surface area contributed by atoms with Crippen LogP contribution in [-0.2, 0) is 16.1 Å². The average Bonchev–Trinajstić information content (AvgIpc) is 3.21. The first-order chi connectivity index (χ1) is 16.3. The number of nitrogens with two attached hydrogens (primary N) is 1. The van der Waals surface area contributed by atoms with Crippen molar-refractivity contribution in [1.29, 1.82) is 0 Å². The molecular formula is C23H26FN5O4S. The first-order valence-electron chi connectivity index (χ1n) is 10.5. The van der Waals surface area contributed by atoms with Crippen LogP contribution in [0.1, 0.15) is 36.1 Å². The molecule has 0 aliphatic rings. The highest BCUT2D eigenvalue weighted by molar-refractivity contribution is 8.00. The maximum absolute atomic E-state index is 13.9. The Kier molecular flexibility index (Phi) is 8.61. The van der Waals surface area contributed by atoms with Crippen LogP contribution in [0.2, 0.25) is 0 Å². The van der Waals surface area contributed by atoms with Gasteiger partial charge >= 0.3 is 0 Å². The quantitative estimate of drug-likeness (QED) is 0.398. The fourth-order valence-electron chi connectivity index (χ4n) is 3.12. The van der Waals surface area contributed by atoms with Gasteiger partial charge in [-0.15, -0.1) is 10.2 Å². The Morgan fingerprint density at radius 3 is 2.50 bits per heavy atom. The number of anilines is 1. The van der Waals surface area contributed by atoms with Crippen LogP contribution >= 0.6 is 11.8 Å². The van der Waals surface area contributed by atoms with Crippen LogP contribution in [0, 0.1) is 5.82 Å². The highest BCUT2D eigenvalue weighted by Gasteiger charge is 2.23. The standard InChI is InChI=1S/C23H26FN5O4S/c1-14(12-32-3)29-20(13-33-19-7-5-4-6-18(19)24)27-28-23(29)34-15(2)22(31)26-17-10-8-16(9-11-17)21(25)30/h4-11,14-15H,12-13H2,1-3H3,(H2,25,30)(H,26,31). The van der Waals surface area contributed by atoms with Gasteiger partial charge in [-0.25, -0.2) is 4.39 Å². The number of nitrogens with one attached hydrogen (secondary N) is 1. The van der Waals surface area contributed by atoms with E-state index in [1.807, 2.05) is 11.5 Å². The van der Waals surface area contributed by atoms with Gasteiger partial charge in [0, 0.05) is 18.4 Å². The van der Waals surface area contributed by atoms with Crippen LogP contribution in [0.3, 0.4) is 0 Å². The normalized spacial score (nSPS) is 12.7. The van der Waals surface area contributed by atoms with Crippen LogP contribution in [-0.4, -0.2) is 45.5 Å². The lowest BCUT2D eigenvalue weighted by molar-refractivity contribution is -0.115. The second kappa shape index (κ2) is 11.6. The number of para-hydroxylation sites is 1. The van der Waals surface area contributed by atoms with Crippen molar-refractivity contribution in [3.63, 3.8) is 0 Å². The molecule has 0 saturated carbocycles. The molecule has 9 nitrogen and oxygen atoms in total. The molecule has 0 aliphatic heterocycles. The van der Waals surface area contributed by atoms with Crippen LogP contribution < -0.4 is 15.8 Å². The number of amides is 2. The number of nitrogens with zero attached hydrogens (tertiary/aromatic N) is 3. The molecule has 3 rings (SSSR count). The van der Waals surface area contributed by atoms with E-state index >= 15 is 0 Å². The van der Waals surface area contributed by atoms with Crippen molar-refractivity contribution in [1.82, 2.24) is 14.8 Å². The largest absolute Gasteiger partial charge is 0.483 e. The monoisotopic (exact) mass is 487 g/mol. The predicted octanol–water partition coefficient (Wildman–Crippen LogP) is 3.42. The number of hydrogen-bond acceptors (Lipinski definition) is 7. The Morgan fingerprint density at radius 2 is 1.85 bits per heavy atom. The SMILES string of the molecule is COCC(C)n1c(COc2ccccc2F)nnc1SC(C)C(=O)Nc1ccc(C(N)=O)cc1. The van der Waals surface area contributed by atoms with Gasteiger partial charge in [0.1, 0.15) is 6.61 Å². The molecule has 0 spiro atoms. The number of hydrogen-bond donors (Lipinski definition) is 2. The van der Waals surface area contributed by atoms with Crippen molar-refractivity contribution in [2.24, 2.45) is 5.73 Å². The van der Waals surface area contributed by atoms with Crippen molar-refractivity contribution in [3.05, 3.63) is 65.7 Å². The van der Waals surface area contributed by atoms with E-state index in [0.717, 1.165) is 0 Å². The van der Waals surface area contributed by atoms with Crippen LogP contribution in [0.25, 0.3) is 0 Å². The number of rotatable bonds is 11. The van der Waals surface area contributed by atoms with E-state index in [1.165, 1.54) is 23.9 Å². The van der Waals surface area contributed by atoms with E-state index in [2.05, 4.69) is 15.5 Å². The summed E-state index contributed by atoms with van der Waals surface area (Å²) in [5, 5.41) is 11.2. The van der Waals surface area contributed by atoms with Crippen molar-refractivity contribution in [2.45, 2.75) is 36.9 Å². The molecule has 1 aromatic heterocycles. The summed E-state index contributed by atoms with van der Waals surface area (Å²) < 4.78 is 26.6. The molecule has 3 N–H and O–H groups in total. The number of ether oxygens (including phenoxy) is 2. The third-order valence-corrected chi connectivity index (χ3v) is 5.92. The van der Waals surface area contributed by atoms with Gasteiger partial charge in [0.15, 0.2) is 22.5 Å². The average molecular weight is 488 g/mol. The van der Waals surface area contributed by atoms with E-state index < -0.39 is 17.0 Å². The third-order valence-electron chi connectivity index (χ3n) is 4.87. The Morgan fingerprint density at radius 1 is 1.15 bits per heavy atom. The van der Waals surface area contributed by atoms with Gasteiger partial charge in [0.25, 0.3) is 0 Å². The molecule has 2 unspecified atom stereocenters. The number of benzene rings is 2. The zero-order chi connectivity index (χ0) is 24.7. The zero-order valence-electron chi connectivity index (χ0n) is 19.0. The third kappa shape index (κ3) is 6.33. The molecule has 0 radical (unpaired) electrons. The van der Waals surface area contributed by atoms with Crippen LogP contribution in [0.15, 0.2) is 53.7 Å². The van der Waals surface area contributed by atoms with Crippen LogP contribution in [0.5, 0.6) is 5.75 Å². The second-order valence-electron chi connectivity index (χ2n) is 7.48. The number of aromatic nitrogens is 3. The fourth-order valence-corrected chi connectivity index (χ4v) is 4.09. The highest BCUT2D eigenvalue weighted by Crippen LogP contribution is 2.27. The van der Waals surface area contributed by atoms with Crippen molar-refractivity contribution in [2.75, 3.05) is 19.0 Å². The maximum Gasteiger partial charge on any atom is 0.248 e. The Labute approximate surface area is 200 Å². The molecule has 0 fully saturated rings. The molecule has 34 heavy (non-hydrogen) atoms. The number of carbonyl (C=O) groups is 2. The minimum atomic E-state index is -0.541. The fraction of sp³-hybridized carbons (Fsp3) is 0.304. The van der Waals surface area contributed by atoms with Gasteiger partial charge < -0.3 is 20.5 Å². The number of carbonyl (C=O) groups excluding carboxylic acids is 2. The molecule has 0 aliphatic carbocycles. The van der Waals surface area contributed by atoms with Gasteiger partial charge in [-0.05, 0) is 50.2 Å². The molecular weight excluding hydrogens is 461 g/mol. The smallest absolute Gasteiger partial charge is 0.248 e. The number of thioether (sulfide) groups is 1. The van der Waals surface area contributed by atoms with Crippen molar-refractivity contribution in [3.8, 4) is 5.75 Å². The molecule has 2 aromatic carbocycles. The van der Waals surface area contributed by atoms with Crippen LogP contribution in [0.4, 0.5) is 10.1 Å². The van der Waals surface area contributed by atoms with E-state index in [1.54, 1.807) is 50.4 Å². The minimum Gasteiger partial charge on any atom is -0.483 e. The Bertz CT molecular complexity index is 1140. The maximum atomic E-state index is 13.9. The van der Waals surface area contributed by atoms with Gasteiger partial charge in [-0.3, -0.25) is 14.2 Å². The van der Waals surface area contributed by atoms with E-state index in [0.29, 0.717) is 28.8 Å². The lowest BCUT2D eigenvalue weighted by Crippen LogP contribution is -2.24. The minimum absolute atomic E-state index is 0.00463. The van der Waals surface area contributed by atoms with Gasteiger partial charge in [0.2, 0.25) is 11.8 Å². The predicted molar refractivity (Wildman–Crippen MR) is 126 cm³/mol. The molecule has 2 atom stereocenters.